The summed E-state index contributed by atoms with van der Waals surface area (Å²) in [6.07, 6.45) is 6.38. The zero-order valence-electron chi connectivity index (χ0n) is 17.2. The summed E-state index contributed by atoms with van der Waals surface area (Å²) < 4.78 is 25.9. The molecule has 0 heterocycles. The Morgan fingerprint density at radius 2 is 1.76 bits per heavy atom. The van der Waals surface area contributed by atoms with Crippen LogP contribution in [-0.4, -0.2) is 51.3 Å². The zero-order valence-corrected chi connectivity index (χ0v) is 18.1. The van der Waals surface area contributed by atoms with Gasteiger partial charge in [0.25, 0.3) is 0 Å². The number of urea groups is 1. The average molecular weight is 425 g/mol. The summed E-state index contributed by atoms with van der Waals surface area (Å²) in [4.78, 5) is 24.1. The molecule has 0 saturated heterocycles. The second kappa shape index (κ2) is 11.2. The fourth-order valence-electron chi connectivity index (χ4n) is 3.31. The van der Waals surface area contributed by atoms with Gasteiger partial charge in [-0.15, -0.1) is 0 Å². The Morgan fingerprint density at radius 1 is 1.07 bits per heavy atom. The van der Waals surface area contributed by atoms with Gasteiger partial charge in [0, 0.05) is 39.6 Å². The van der Waals surface area contributed by atoms with Crippen molar-refractivity contribution in [3.8, 4) is 0 Å². The molecule has 0 atom stereocenters. The van der Waals surface area contributed by atoms with Crippen molar-refractivity contribution in [1.82, 2.24) is 20.3 Å². The van der Waals surface area contributed by atoms with Gasteiger partial charge in [0.1, 0.15) is 0 Å². The van der Waals surface area contributed by atoms with E-state index in [2.05, 4.69) is 16.0 Å². The van der Waals surface area contributed by atoms with Crippen molar-refractivity contribution in [1.29, 1.82) is 0 Å². The van der Waals surface area contributed by atoms with Crippen molar-refractivity contribution in [2.75, 3.05) is 20.6 Å². The first-order valence-corrected chi connectivity index (χ1v) is 11.6. The molecular weight excluding hydrogens is 392 g/mol. The quantitative estimate of drug-likeness (QED) is 0.527. The highest BCUT2D eigenvalue weighted by molar-refractivity contribution is 7.89. The van der Waals surface area contributed by atoms with Gasteiger partial charge in [-0.2, -0.15) is 0 Å². The maximum atomic E-state index is 12.4. The summed E-state index contributed by atoms with van der Waals surface area (Å²) in [5.41, 5.74) is 0.541. The van der Waals surface area contributed by atoms with Crippen LogP contribution in [0.4, 0.5) is 4.79 Å². The number of rotatable bonds is 9. The first-order valence-electron chi connectivity index (χ1n) is 10.1. The maximum absolute atomic E-state index is 12.4. The van der Waals surface area contributed by atoms with E-state index in [1.807, 2.05) is 0 Å². The summed E-state index contributed by atoms with van der Waals surface area (Å²) in [5.74, 6) is -0.184. The normalized spacial score (nSPS) is 15.1. The Labute approximate surface area is 173 Å². The lowest BCUT2D eigenvalue weighted by molar-refractivity contribution is -0.121. The lowest BCUT2D eigenvalue weighted by Crippen LogP contribution is -2.43. The molecule has 0 aromatic heterocycles. The second-order valence-corrected chi connectivity index (χ2v) is 9.63. The summed E-state index contributed by atoms with van der Waals surface area (Å²) in [5, 5.41) is 8.51. The van der Waals surface area contributed by atoms with Gasteiger partial charge in [-0.3, -0.25) is 4.79 Å². The molecule has 1 saturated carbocycles. The van der Waals surface area contributed by atoms with Crippen LogP contribution in [0.5, 0.6) is 0 Å². The molecule has 3 amide bonds. The van der Waals surface area contributed by atoms with Gasteiger partial charge in [0.2, 0.25) is 15.9 Å². The van der Waals surface area contributed by atoms with Gasteiger partial charge in [-0.1, -0.05) is 37.5 Å². The Kier molecular flexibility index (Phi) is 8.91. The predicted octanol–water partition coefficient (Wildman–Crippen LogP) is 1.97. The SMILES string of the molecule is CN(C)S(=O)(=O)c1ccccc1CNC(=O)CCCNC(=O)NC1CCCCC1. The number of amides is 3. The van der Waals surface area contributed by atoms with Crippen LogP contribution in [0.3, 0.4) is 0 Å². The number of carbonyl (C=O) groups is 2. The molecule has 0 spiro atoms. The third-order valence-electron chi connectivity index (χ3n) is 5.01. The molecule has 162 valence electrons. The highest BCUT2D eigenvalue weighted by Gasteiger charge is 2.20. The minimum atomic E-state index is -3.57. The van der Waals surface area contributed by atoms with E-state index in [9.17, 15) is 18.0 Å². The van der Waals surface area contributed by atoms with Crippen molar-refractivity contribution in [3.05, 3.63) is 29.8 Å². The van der Waals surface area contributed by atoms with Crippen LogP contribution in [0.15, 0.2) is 29.2 Å². The van der Waals surface area contributed by atoms with Gasteiger partial charge in [-0.05, 0) is 30.9 Å². The summed E-state index contributed by atoms with van der Waals surface area (Å²) in [7, 11) is -0.622. The number of nitrogens with one attached hydrogen (secondary N) is 3. The van der Waals surface area contributed by atoms with Crippen LogP contribution in [0.1, 0.15) is 50.5 Å². The van der Waals surface area contributed by atoms with E-state index in [4.69, 9.17) is 0 Å². The predicted molar refractivity (Wildman–Crippen MR) is 112 cm³/mol. The van der Waals surface area contributed by atoms with Gasteiger partial charge in [-0.25, -0.2) is 17.5 Å². The third-order valence-corrected chi connectivity index (χ3v) is 6.93. The highest BCUT2D eigenvalue weighted by Crippen LogP contribution is 2.18. The number of sulfonamides is 1. The van der Waals surface area contributed by atoms with Crippen molar-refractivity contribution >= 4 is 22.0 Å². The molecular formula is C20H32N4O4S. The van der Waals surface area contributed by atoms with Crippen molar-refractivity contribution in [3.63, 3.8) is 0 Å². The third kappa shape index (κ3) is 7.32. The average Bonchev–Trinajstić information content (AvgIpc) is 2.70. The largest absolute Gasteiger partial charge is 0.352 e. The van der Waals surface area contributed by atoms with Gasteiger partial charge in [0.05, 0.1) is 4.90 Å². The smallest absolute Gasteiger partial charge is 0.315 e. The molecule has 1 aromatic carbocycles. The van der Waals surface area contributed by atoms with E-state index in [1.54, 1.807) is 18.2 Å². The lowest BCUT2D eigenvalue weighted by Gasteiger charge is -2.22. The first kappa shape index (κ1) is 23.2. The molecule has 3 N–H and O–H groups in total. The number of hydrogen-bond donors (Lipinski definition) is 3. The fraction of sp³-hybridized carbons (Fsp3) is 0.600. The van der Waals surface area contributed by atoms with Gasteiger partial charge < -0.3 is 16.0 Å². The number of nitrogens with zero attached hydrogens (tertiary/aromatic N) is 1. The van der Waals surface area contributed by atoms with E-state index in [-0.39, 0.29) is 35.8 Å². The Hall–Kier alpha value is -2.13. The highest BCUT2D eigenvalue weighted by atomic mass is 32.2. The fourth-order valence-corrected chi connectivity index (χ4v) is 4.43. The molecule has 2 rings (SSSR count). The molecule has 0 radical (unpaired) electrons. The minimum absolute atomic E-state index is 0.137. The minimum Gasteiger partial charge on any atom is -0.352 e. The van der Waals surface area contributed by atoms with Crippen molar-refractivity contribution in [2.24, 2.45) is 0 Å². The molecule has 1 aliphatic carbocycles. The van der Waals surface area contributed by atoms with E-state index in [0.29, 0.717) is 18.5 Å². The van der Waals surface area contributed by atoms with E-state index < -0.39 is 10.0 Å². The van der Waals surface area contributed by atoms with Crippen LogP contribution in [0.2, 0.25) is 0 Å². The Balaban J connectivity index is 1.71. The first-order chi connectivity index (χ1) is 13.8. The Morgan fingerprint density at radius 3 is 2.45 bits per heavy atom. The molecule has 1 aliphatic rings. The second-order valence-electron chi connectivity index (χ2n) is 7.51. The van der Waals surface area contributed by atoms with Crippen LogP contribution in [0.25, 0.3) is 0 Å². The Bertz CT molecular complexity index is 789. The number of benzene rings is 1. The zero-order chi connectivity index (χ0) is 21.3. The monoisotopic (exact) mass is 424 g/mol. The summed E-state index contributed by atoms with van der Waals surface area (Å²) in [6, 6.07) is 6.70. The molecule has 29 heavy (non-hydrogen) atoms. The molecule has 0 bridgehead atoms. The van der Waals surface area contributed by atoms with E-state index >= 15 is 0 Å². The van der Waals surface area contributed by atoms with Crippen LogP contribution in [0, 0.1) is 0 Å². The van der Waals surface area contributed by atoms with E-state index in [0.717, 1.165) is 30.0 Å². The van der Waals surface area contributed by atoms with Crippen molar-refractivity contribution < 1.29 is 18.0 Å². The topological polar surface area (TPSA) is 108 Å². The molecule has 1 fully saturated rings. The standard InChI is InChI=1S/C20H32N4O4S/c1-24(2)29(27,28)18-12-7-6-9-16(18)15-22-19(25)13-8-14-21-20(26)23-17-10-4-3-5-11-17/h6-7,9,12,17H,3-5,8,10-11,13-15H2,1-2H3,(H,22,25)(H2,21,23,26). The number of carbonyl (C=O) groups excluding carboxylic acids is 2. The molecule has 0 aliphatic heterocycles. The van der Waals surface area contributed by atoms with Crippen LogP contribution >= 0.6 is 0 Å². The molecule has 0 unspecified atom stereocenters. The molecule has 9 heteroatoms. The molecule has 1 aromatic rings. The number of hydrogen-bond acceptors (Lipinski definition) is 4. The molecule has 8 nitrogen and oxygen atoms in total. The maximum Gasteiger partial charge on any atom is 0.315 e. The summed E-state index contributed by atoms with van der Waals surface area (Å²) >= 11 is 0. The van der Waals surface area contributed by atoms with Crippen molar-refractivity contribution in [2.45, 2.75) is 62.4 Å². The summed E-state index contributed by atoms with van der Waals surface area (Å²) in [6.45, 7) is 0.551. The van der Waals surface area contributed by atoms with Gasteiger partial charge in [0.15, 0.2) is 0 Å². The lowest BCUT2D eigenvalue weighted by atomic mass is 9.96. The van der Waals surface area contributed by atoms with Crippen LogP contribution < -0.4 is 16.0 Å². The van der Waals surface area contributed by atoms with Crippen LogP contribution in [-0.2, 0) is 21.4 Å². The van der Waals surface area contributed by atoms with Gasteiger partial charge >= 0.3 is 6.03 Å². The van der Waals surface area contributed by atoms with E-state index in [1.165, 1.54) is 26.6 Å².